The molecule has 0 fully saturated rings. The monoisotopic (exact) mass is 193 g/mol. The van der Waals surface area contributed by atoms with Gasteiger partial charge in [0.25, 0.3) is 0 Å². The Morgan fingerprint density at radius 1 is 1.71 bits per heavy atom. The molecule has 0 bridgehead atoms. The maximum Gasteiger partial charge on any atom is 0.421 e. The zero-order valence-electron chi connectivity index (χ0n) is 7.80. The summed E-state index contributed by atoms with van der Waals surface area (Å²) in [7, 11) is 0. The van der Waals surface area contributed by atoms with Crippen molar-refractivity contribution < 1.29 is 4.42 Å². The quantitative estimate of drug-likeness (QED) is 0.746. The standard InChI is InChI=1S/C9H11N3O2/c1-6(10)5-12-8-7(14-9(12)13)3-2-4-11-8/h2-4,6H,5,10H2,1H3/t6-/m0/s1. The smallest absolute Gasteiger partial charge is 0.406 e. The van der Waals surface area contributed by atoms with Crippen molar-refractivity contribution in [1.82, 2.24) is 9.55 Å². The second-order valence-electron chi connectivity index (χ2n) is 3.28. The molecule has 5 heteroatoms. The van der Waals surface area contributed by atoms with Gasteiger partial charge in [-0.25, -0.2) is 9.78 Å². The zero-order valence-corrected chi connectivity index (χ0v) is 7.80. The summed E-state index contributed by atoms with van der Waals surface area (Å²) in [6.07, 6.45) is 1.62. The molecule has 2 heterocycles. The van der Waals surface area contributed by atoms with E-state index < -0.39 is 5.76 Å². The second kappa shape index (κ2) is 3.26. The third kappa shape index (κ3) is 1.42. The van der Waals surface area contributed by atoms with E-state index in [0.717, 1.165) is 0 Å². The van der Waals surface area contributed by atoms with Crippen molar-refractivity contribution in [2.24, 2.45) is 5.73 Å². The first-order chi connectivity index (χ1) is 6.68. The minimum atomic E-state index is -0.406. The summed E-state index contributed by atoms with van der Waals surface area (Å²) in [6.45, 7) is 2.25. The molecule has 0 amide bonds. The van der Waals surface area contributed by atoms with Gasteiger partial charge in [-0.15, -0.1) is 0 Å². The van der Waals surface area contributed by atoms with E-state index in [1.165, 1.54) is 4.57 Å². The lowest BCUT2D eigenvalue weighted by atomic mass is 10.3. The summed E-state index contributed by atoms with van der Waals surface area (Å²) < 4.78 is 6.43. The van der Waals surface area contributed by atoms with Crippen LogP contribution in [0.15, 0.2) is 27.5 Å². The molecule has 0 radical (unpaired) electrons. The van der Waals surface area contributed by atoms with Crippen LogP contribution >= 0.6 is 0 Å². The van der Waals surface area contributed by atoms with E-state index in [2.05, 4.69) is 4.98 Å². The molecular weight excluding hydrogens is 182 g/mol. The van der Waals surface area contributed by atoms with Crippen LogP contribution in [0.5, 0.6) is 0 Å². The van der Waals surface area contributed by atoms with Gasteiger partial charge in [0.05, 0.1) is 0 Å². The third-order valence-electron chi connectivity index (χ3n) is 1.89. The van der Waals surface area contributed by atoms with Crippen molar-refractivity contribution >= 4 is 11.2 Å². The van der Waals surface area contributed by atoms with Gasteiger partial charge in [-0.2, -0.15) is 0 Å². The summed E-state index contributed by atoms with van der Waals surface area (Å²) in [5, 5.41) is 0. The highest BCUT2D eigenvalue weighted by Crippen LogP contribution is 2.08. The average molecular weight is 193 g/mol. The molecule has 2 aromatic rings. The fourth-order valence-electron chi connectivity index (χ4n) is 1.35. The average Bonchev–Trinajstić information content (AvgIpc) is 2.43. The van der Waals surface area contributed by atoms with Crippen LogP contribution in [-0.4, -0.2) is 15.6 Å². The predicted molar refractivity (Wildman–Crippen MR) is 51.9 cm³/mol. The highest BCUT2D eigenvalue weighted by atomic mass is 16.4. The Morgan fingerprint density at radius 2 is 2.50 bits per heavy atom. The van der Waals surface area contributed by atoms with E-state index in [4.69, 9.17) is 10.2 Å². The molecule has 0 aliphatic carbocycles. The maximum absolute atomic E-state index is 11.4. The Kier molecular flexibility index (Phi) is 2.09. The minimum Gasteiger partial charge on any atom is -0.406 e. The van der Waals surface area contributed by atoms with Crippen molar-refractivity contribution in [3.63, 3.8) is 0 Å². The normalized spacial score (nSPS) is 13.3. The number of nitrogens with zero attached hydrogens (tertiary/aromatic N) is 2. The van der Waals surface area contributed by atoms with Crippen molar-refractivity contribution in [3.8, 4) is 0 Å². The summed E-state index contributed by atoms with van der Waals surface area (Å²) in [5.74, 6) is -0.406. The SMILES string of the molecule is C[C@H](N)Cn1c(=O)oc2cccnc21. The Labute approximate surface area is 80.2 Å². The molecule has 0 saturated carbocycles. The second-order valence-corrected chi connectivity index (χ2v) is 3.28. The van der Waals surface area contributed by atoms with Gasteiger partial charge in [0.2, 0.25) is 0 Å². The topological polar surface area (TPSA) is 74.0 Å². The van der Waals surface area contributed by atoms with Crippen molar-refractivity contribution in [3.05, 3.63) is 28.9 Å². The van der Waals surface area contributed by atoms with Gasteiger partial charge in [0.15, 0.2) is 11.2 Å². The molecular formula is C9H11N3O2. The maximum atomic E-state index is 11.4. The lowest BCUT2D eigenvalue weighted by Gasteiger charge is -2.03. The van der Waals surface area contributed by atoms with Gasteiger partial charge >= 0.3 is 5.76 Å². The number of aromatic nitrogens is 2. The molecule has 1 atom stereocenters. The fourth-order valence-corrected chi connectivity index (χ4v) is 1.35. The van der Waals surface area contributed by atoms with Gasteiger partial charge in [-0.05, 0) is 19.1 Å². The van der Waals surface area contributed by atoms with E-state index in [0.29, 0.717) is 17.8 Å². The van der Waals surface area contributed by atoms with Crippen molar-refractivity contribution in [1.29, 1.82) is 0 Å². The molecule has 2 aromatic heterocycles. The van der Waals surface area contributed by atoms with Crippen LogP contribution < -0.4 is 11.5 Å². The number of nitrogens with two attached hydrogens (primary N) is 1. The first-order valence-corrected chi connectivity index (χ1v) is 4.38. The van der Waals surface area contributed by atoms with Gasteiger partial charge in [0.1, 0.15) is 0 Å². The highest BCUT2D eigenvalue weighted by Gasteiger charge is 2.10. The molecule has 2 N–H and O–H groups in total. The summed E-state index contributed by atoms with van der Waals surface area (Å²) in [4.78, 5) is 15.4. The van der Waals surface area contributed by atoms with E-state index in [1.54, 1.807) is 18.3 Å². The number of fused-ring (bicyclic) bond motifs is 1. The van der Waals surface area contributed by atoms with Crippen LogP contribution in [-0.2, 0) is 6.54 Å². The van der Waals surface area contributed by atoms with Crippen LogP contribution in [0.3, 0.4) is 0 Å². The molecule has 5 nitrogen and oxygen atoms in total. The van der Waals surface area contributed by atoms with Crippen LogP contribution in [0.1, 0.15) is 6.92 Å². The molecule has 0 aromatic carbocycles. The Bertz CT molecular complexity index is 498. The van der Waals surface area contributed by atoms with E-state index >= 15 is 0 Å². The minimum absolute atomic E-state index is 0.101. The largest absolute Gasteiger partial charge is 0.421 e. The zero-order chi connectivity index (χ0) is 10.1. The van der Waals surface area contributed by atoms with Gasteiger partial charge < -0.3 is 10.2 Å². The summed E-state index contributed by atoms with van der Waals surface area (Å²) in [5.41, 5.74) is 6.66. The van der Waals surface area contributed by atoms with Crippen molar-refractivity contribution in [2.75, 3.05) is 0 Å². The first kappa shape index (κ1) is 8.96. The van der Waals surface area contributed by atoms with E-state index in [9.17, 15) is 4.79 Å². The Balaban J connectivity index is 2.62. The van der Waals surface area contributed by atoms with Crippen LogP contribution in [0.4, 0.5) is 0 Å². The van der Waals surface area contributed by atoms with Gasteiger partial charge in [0, 0.05) is 18.8 Å². The van der Waals surface area contributed by atoms with E-state index in [1.807, 2.05) is 6.92 Å². The van der Waals surface area contributed by atoms with E-state index in [-0.39, 0.29) is 6.04 Å². The molecule has 0 saturated heterocycles. The van der Waals surface area contributed by atoms with Crippen LogP contribution in [0, 0.1) is 0 Å². The number of hydrogen-bond donors (Lipinski definition) is 1. The number of oxazole rings is 1. The molecule has 0 spiro atoms. The number of hydrogen-bond acceptors (Lipinski definition) is 4. The van der Waals surface area contributed by atoms with Crippen molar-refractivity contribution in [2.45, 2.75) is 19.5 Å². The third-order valence-corrected chi connectivity index (χ3v) is 1.89. The molecule has 0 aliphatic rings. The number of rotatable bonds is 2. The molecule has 0 aliphatic heterocycles. The Morgan fingerprint density at radius 3 is 3.21 bits per heavy atom. The molecule has 14 heavy (non-hydrogen) atoms. The van der Waals surface area contributed by atoms with Gasteiger partial charge in [-0.1, -0.05) is 0 Å². The van der Waals surface area contributed by atoms with Crippen LogP contribution in [0.25, 0.3) is 11.2 Å². The predicted octanol–water partition coefficient (Wildman–Crippen LogP) is 0.337. The van der Waals surface area contributed by atoms with Crippen LogP contribution in [0.2, 0.25) is 0 Å². The summed E-state index contributed by atoms with van der Waals surface area (Å²) in [6, 6.07) is 3.33. The number of pyridine rings is 1. The highest BCUT2D eigenvalue weighted by molar-refractivity contribution is 5.67. The molecule has 0 unspecified atom stereocenters. The lowest BCUT2D eigenvalue weighted by molar-refractivity contribution is 0.484. The fraction of sp³-hybridized carbons (Fsp3) is 0.333. The van der Waals surface area contributed by atoms with Gasteiger partial charge in [-0.3, -0.25) is 4.57 Å². The molecule has 2 rings (SSSR count). The molecule has 74 valence electrons. The lowest BCUT2D eigenvalue weighted by Crippen LogP contribution is -2.27. The first-order valence-electron chi connectivity index (χ1n) is 4.38. The summed E-state index contributed by atoms with van der Waals surface area (Å²) >= 11 is 0. The Hall–Kier alpha value is -1.62.